The Morgan fingerprint density at radius 1 is 1.16 bits per heavy atom. The molecule has 0 spiro atoms. The quantitative estimate of drug-likeness (QED) is 0.674. The molecular weight excluding hydrogens is 428 g/mol. The molecule has 1 fully saturated rings. The van der Waals surface area contributed by atoms with Gasteiger partial charge in [-0.1, -0.05) is 45.7 Å². The second-order valence-corrected chi connectivity index (χ2v) is 8.58. The number of morpholine rings is 1. The van der Waals surface area contributed by atoms with Crippen LogP contribution in [-0.2, 0) is 14.8 Å². The third-order valence-corrected chi connectivity index (χ3v) is 6.86. The van der Waals surface area contributed by atoms with Crippen LogP contribution in [0.2, 0.25) is 5.02 Å². The van der Waals surface area contributed by atoms with E-state index in [-0.39, 0.29) is 9.92 Å². The van der Waals surface area contributed by atoms with Gasteiger partial charge in [0.15, 0.2) is 0 Å². The first-order valence-electron chi connectivity index (χ1n) is 7.64. The van der Waals surface area contributed by atoms with E-state index in [0.29, 0.717) is 32.0 Å². The van der Waals surface area contributed by atoms with Crippen molar-refractivity contribution < 1.29 is 13.2 Å². The summed E-state index contributed by atoms with van der Waals surface area (Å²) in [5, 5.41) is 0.186. The molecule has 3 rings (SSSR count). The van der Waals surface area contributed by atoms with Crippen LogP contribution in [0.15, 0.2) is 56.8 Å². The van der Waals surface area contributed by atoms with Crippen molar-refractivity contribution in [3.05, 3.63) is 57.5 Å². The predicted octanol–water partition coefficient (Wildman–Crippen LogP) is 3.87. The minimum atomic E-state index is -3.67. The van der Waals surface area contributed by atoms with E-state index in [4.69, 9.17) is 16.3 Å². The molecule has 1 aliphatic heterocycles. The summed E-state index contributed by atoms with van der Waals surface area (Å²) in [6, 6.07) is 12.4. The first-order chi connectivity index (χ1) is 12.0. The molecule has 0 saturated carbocycles. The highest BCUT2D eigenvalue weighted by Crippen LogP contribution is 2.29. The molecule has 8 heteroatoms. The predicted molar refractivity (Wildman–Crippen MR) is 102 cm³/mol. The monoisotopic (exact) mass is 442 g/mol. The second kappa shape index (κ2) is 7.97. The highest BCUT2D eigenvalue weighted by Gasteiger charge is 2.28. The summed E-state index contributed by atoms with van der Waals surface area (Å²) in [4.78, 5) is 4.44. The largest absolute Gasteiger partial charge is 0.379 e. The Balaban J connectivity index is 1.92. The summed E-state index contributed by atoms with van der Waals surface area (Å²) >= 11 is 9.60. The minimum Gasteiger partial charge on any atom is -0.379 e. The van der Waals surface area contributed by atoms with Crippen molar-refractivity contribution in [2.24, 2.45) is 4.99 Å². The fraction of sp³-hybridized carbons (Fsp3) is 0.235. The maximum Gasteiger partial charge on any atom is 0.244 e. The molecule has 25 heavy (non-hydrogen) atoms. The molecular formula is C17H16BrClN2O3S. The minimum absolute atomic E-state index is 0.0674. The average molecular weight is 444 g/mol. The summed E-state index contributed by atoms with van der Waals surface area (Å²) in [6.45, 7) is 1.42. The third kappa shape index (κ3) is 4.30. The van der Waals surface area contributed by atoms with Gasteiger partial charge in [-0.05, 0) is 24.3 Å². The van der Waals surface area contributed by atoms with Crippen molar-refractivity contribution >= 4 is 49.5 Å². The smallest absolute Gasteiger partial charge is 0.244 e. The van der Waals surface area contributed by atoms with E-state index in [0.717, 1.165) is 10.0 Å². The van der Waals surface area contributed by atoms with Crippen LogP contribution in [0.5, 0.6) is 0 Å². The van der Waals surface area contributed by atoms with Gasteiger partial charge < -0.3 is 4.74 Å². The zero-order valence-electron chi connectivity index (χ0n) is 13.2. The zero-order chi connectivity index (χ0) is 17.9. The molecule has 1 heterocycles. The summed E-state index contributed by atoms with van der Waals surface area (Å²) in [6.07, 6.45) is 1.68. The fourth-order valence-corrected chi connectivity index (χ4v) is 4.71. The molecule has 0 unspecified atom stereocenters. The van der Waals surface area contributed by atoms with E-state index in [1.807, 2.05) is 24.3 Å². The van der Waals surface area contributed by atoms with E-state index in [2.05, 4.69) is 20.9 Å². The maximum absolute atomic E-state index is 12.8. The van der Waals surface area contributed by atoms with Crippen molar-refractivity contribution in [2.75, 3.05) is 26.3 Å². The van der Waals surface area contributed by atoms with E-state index < -0.39 is 10.0 Å². The number of rotatable bonds is 4. The van der Waals surface area contributed by atoms with E-state index in [1.54, 1.807) is 18.3 Å². The lowest BCUT2D eigenvalue weighted by molar-refractivity contribution is 0.0730. The van der Waals surface area contributed by atoms with Gasteiger partial charge in [-0.3, -0.25) is 4.99 Å². The zero-order valence-corrected chi connectivity index (χ0v) is 16.4. The first-order valence-corrected chi connectivity index (χ1v) is 10.3. The van der Waals surface area contributed by atoms with Gasteiger partial charge in [-0.25, -0.2) is 8.42 Å². The van der Waals surface area contributed by atoms with Crippen molar-refractivity contribution in [3.63, 3.8) is 0 Å². The van der Waals surface area contributed by atoms with Crippen LogP contribution in [0, 0.1) is 0 Å². The lowest BCUT2D eigenvalue weighted by Gasteiger charge is -2.26. The molecule has 132 valence electrons. The molecule has 5 nitrogen and oxygen atoms in total. The molecule has 0 bridgehead atoms. The molecule has 0 N–H and O–H groups in total. The topological polar surface area (TPSA) is 59.0 Å². The molecule has 2 aromatic carbocycles. The Morgan fingerprint density at radius 3 is 2.60 bits per heavy atom. The van der Waals surface area contributed by atoms with Gasteiger partial charge >= 0.3 is 0 Å². The van der Waals surface area contributed by atoms with Gasteiger partial charge in [0.1, 0.15) is 4.90 Å². The van der Waals surface area contributed by atoms with Crippen LogP contribution < -0.4 is 0 Å². The summed E-state index contributed by atoms with van der Waals surface area (Å²) in [5.74, 6) is 0. The van der Waals surface area contributed by atoms with Crippen molar-refractivity contribution in [1.29, 1.82) is 0 Å². The van der Waals surface area contributed by atoms with E-state index >= 15 is 0 Å². The van der Waals surface area contributed by atoms with Gasteiger partial charge in [0, 0.05) is 29.3 Å². The molecule has 0 amide bonds. The van der Waals surface area contributed by atoms with Gasteiger partial charge in [-0.15, -0.1) is 0 Å². The molecule has 1 aliphatic rings. The number of ether oxygens (including phenoxy) is 1. The van der Waals surface area contributed by atoms with Crippen LogP contribution in [-0.4, -0.2) is 45.2 Å². The molecule has 0 atom stereocenters. The maximum atomic E-state index is 12.8. The molecule has 0 radical (unpaired) electrons. The highest BCUT2D eigenvalue weighted by molar-refractivity contribution is 9.10. The van der Waals surface area contributed by atoms with E-state index in [9.17, 15) is 8.42 Å². The van der Waals surface area contributed by atoms with Crippen LogP contribution >= 0.6 is 27.5 Å². The summed E-state index contributed by atoms with van der Waals surface area (Å²) in [5.41, 5.74) is 1.42. The standard InChI is InChI=1S/C17H16BrClN2O3S/c18-15-4-2-1-3-13(15)12-20-14-5-6-16(19)17(11-14)25(22,23)21-7-9-24-10-8-21/h1-6,11-12H,7-10H2. The number of halogens is 2. The van der Waals surface area contributed by atoms with Crippen LogP contribution in [0.25, 0.3) is 0 Å². The van der Waals surface area contributed by atoms with Gasteiger partial charge in [-0.2, -0.15) is 4.31 Å². The highest BCUT2D eigenvalue weighted by atomic mass is 79.9. The number of hydrogen-bond acceptors (Lipinski definition) is 4. The Kier molecular flexibility index (Phi) is 5.91. The number of aliphatic imine (C=N–C) groups is 1. The van der Waals surface area contributed by atoms with Crippen molar-refractivity contribution in [1.82, 2.24) is 4.31 Å². The SMILES string of the molecule is O=S(=O)(c1cc(N=Cc2ccccc2Br)ccc1Cl)N1CCOCC1. The molecule has 0 aromatic heterocycles. The molecule has 2 aromatic rings. The second-order valence-electron chi connectivity index (χ2n) is 5.41. The summed E-state index contributed by atoms with van der Waals surface area (Å²) < 4.78 is 33.1. The Bertz CT molecular complexity index is 897. The Labute approximate surface area is 160 Å². The van der Waals surface area contributed by atoms with Crippen LogP contribution in [0.4, 0.5) is 5.69 Å². The van der Waals surface area contributed by atoms with Gasteiger partial charge in [0.25, 0.3) is 0 Å². The number of nitrogens with zero attached hydrogens (tertiary/aromatic N) is 2. The molecule has 1 saturated heterocycles. The van der Waals surface area contributed by atoms with E-state index in [1.165, 1.54) is 10.4 Å². The first kappa shape index (κ1) is 18.5. The lowest BCUT2D eigenvalue weighted by atomic mass is 10.2. The Hall–Kier alpha value is -1.25. The van der Waals surface area contributed by atoms with Crippen molar-refractivity contribution in [3.8, 4) is 0 Å². The average Bonchev–Trinajstić information content (AvgIpc) is 2.63. The van der Waals surface area contributed by atoms with Crippen molar-refractivity contribution in [2.45, 2.75) is 4.90 Å². The van der Waals surface area contributed by atoms with Gasteiger partial charge in [0.2, 0.25) is 10.0 Å². The summed E-state index contributed by atoms with van der Waals surface area (Å²) in [7, 11) is -3.67. The number of sulfonamides is 1. The number of benzene rings is 2. The van der Waals surface area contributed by atoms with Gasteiger partial charge in [0.05, 0.1) is 23.9 Å². The fourth-order valence-electron chi connectivity index (χ4n) is 2.42. The Morgan fingerprint density at radius 2 is 1.88 bits per heavy atom. The van der Waals surface area contributed by atoms with Crippen LogP contribution in [0.3, 0.4) is 0 Å². The lowest BCUT2D eigenvalue weighted by Crippen LogP contribution is -2.40. The normalized spacial score (nSPS) is 16.4. The molecule has 0 aliphatic carbocycles. The number of hydrogen-bond donors (Lipinski definition) is 0. The third-order valence-electron chi connectivity index (χ3n) is 3.76. The van der Waals surface area contributed by atoms with Crippen LogP contribution in [0.1, 0.15) is 5.56 Å².